The Labute approximate surface area is 142 Å². The Balaban J connectivity index is 1.65. The van der Waals surface area contributed by atoms with Crippen LogP contribution in [0, 0.1) is 0 Å². The molecule has 1 atom stereocenters. The average Bonchev–Trinajstić information content (AvgIpc) is 3.10. The van der Waals surface area contributed by atoms with Crippen LogP contribution in [0.3, 0.4) is 0 Å². The van der Waals surface area contributed by atoms with Crippen molar-refractivity contribution in [3.63, 3.8) is 0 Å². The number of pyridine rings is 1. The van der Waals surface area contributed by atoms with Crippen LogP contribution in [0.1, 0.15) is 30.0 Å². The number of aromatic nitrogens is 1. The van der Waals surface area contributed by atoms with Gasteiger partial charge in [0.15, 0.2) is 0 Å². The number of hydrogen-bond acceptors (Lipinski definition) is 4. The molecule has 1 amide bonds. The van der Waals surface area contributed by atoms with Gasteiger partial charge in [-0.2, -0.15) is 0 Å². The molecule has 0 bridgehead atoms. The van der Waals surface area contributed by atoms with Gasteiger partial charge in [0.25, 0.3) is 0 Å². The lowest BCUT2D eigenvalue weighted by Crippen LogP contribution is -2.31. The van der Waals surface area contributed by atoms with E-state index in [0.717, 1.165) is 36.3 Å². The Hall–Kier alpha value is -2.56. The molecule has 2 heterocycles. The Morgan fingerprint density at radius 1 is 1.25 bits per heavy atom. The van der Waals surface area contributed by atoms with Crippen LogP contribution in [0.5, 0.6) is 0 Å². The number of anilines is 1. The zero-order valence-electron chi connectivity index (χ0n) is 14.2. The molecule has 5 nitrogen and oxygen atoms in total. The number of benzene rings is 1. The molecule has 1 aromatic carbocycles. The largest absolute Gasteiger partial charge is 0.445 e. The van der Waals surface area contributed by atoms with Crippen molar-refractivity contribution >= 4 is 11.9 Å². The highest BCUT2D eigenvalue weighted by molar-refractivity contribution is 5.68. The highest BCUT2D eigenvalue weighted by atomic mass is 16.6. The number of hydrogen-bond donors (Lipinski definition) is 0. The first-order valence-corrected chi connectivity index (χ1v) is 8.26. The van der Waals surface area contributed by atoms with E-state index in [0.29, 0.717) is 6.61 Å². The number of amides is 1. The summed E-state index contributed by atoms with van der Waals surface area (Å²) in [5.74, 6) is 0.912. The third-order valence-electron chi connectivity index (χ3n) is 4.31. The van der Waals surface area contributed by atoms with E-state index in [-0.39, 0.29) is 12.1 Å². The summed E-state index contributed by atoms with van der Waals surface area (Å²) < 4.78 is 5.48. The quantitative estimate of drug-likeness (QED) is 0.861. The van der Waals surface area contributed by atoms with Crippen LogP contribution >= 0.6 is 0 Å². The maximum Gasteiger partial charge on any atom is 0.410 e. The van der Waals surface area contributed by atoms with Gasteiger partial charge >= 0.3 is 6.09 Å². The van der Waals surface area contributed by atoms with Gasteiger partial charge in [0.1, 0.15) is 12.4 Å². The fourth-order valence-electron chi connectivity index (χ4n) is 2.99. The second-order valence-corrected chi connectivity index (χ2v) is 6.24. The van der Waals surface area contributed by atoms with E-state index in [2.05, 4.69) is 11.1 Å². The minimum Gasteiger partial charge on any atom is -0.445 e. The lowest BCUT2D eigenvalue weighted by Gasteiger charge is -2.24. The molecule has 24 heavy (non-hydrogen) atoms. The van der Waals surface area contributed by atoms with E-state index >= 15 is 0 Å². The van der Waals surface area contributed by atoms with Crippen molar-refractivity contribution in [1.82, 2.24) is 9.88 Å². The average molecular weight is 325 g/mol. The Bertz CT molecular complexity index is 671. The van der Waals surface area contributed by atoms with Gasteiger partial charge in [-0.25, -0.2) is 9.78 Å². The van der Waals surface area contributed by atoms with Crippen LogP contribution in [0.2, 0.25) is 0 Å². The molecule has 0 N–H and O–H groups in total. The van der Waals surface area contributed by atoms with Crippen molar-refractivity contribution in [3.8, 4) is 0 Å². The van der Waals surface area contributed by atoms with Crippen molar-refractivity contribution in [3.05, 3.63) is 59.8 Å². The first kappa shape index (κ1) is 16.3. The standard InChI is InChI=1S/C19H23N3O2/c1-21(2)18-11-10-16(13-20-18)17-9-6-12-22(17)19(23)24-14-15-7-4-3-5-8-15/h3-5,7-8,10-11,13,17H,6,9,12,14H2,1-2H3/t17-/m0/s1. The summed E-state index contributed by atoms with van der Waals surface area (Å²) in [4.78, 5) is 20.7. The van der Waals surface area contributed by atoms with E-state index in [9.17, 15) is 4.79 Å². The normalized spacial score (nSPS) is 16.9. The third-order valence-corrected chi connectivity index (χ3v) is 4.31. The summed E-state index contributed by atoms with van der Waals surface area (Å²) >= 11 is 0. The Morgan fingerprint density at radius 3 is 2.71 bits per heavy atom. The molecule has 1 aliphatic rings. The van der Waals surface area contributed by atoms with Gasteiger partial charge in [0.05, 0.1) is 6.04 Å². The van der Waals surface area contributed by atoms with E-state index in [1.165, 1.54) is 0 Å². The fraction of sp³-hybridized carbons (Fsp3) is 0.368. The fourth-order valence-corrected chi connectivity index (χ4v) is 2.99. The predicted molar refractivity (Wildman–Crippen MR) is 93.9 cm³/mol. The minimum absolute atomic E-state index is 0.0528. The zero-order valence-corrected chi connectivity index (χ0v) is 14.2. The summed E-state index contributed by atoms with van der Waals surface area (Å²) in [6, 6.07) is 13.8. The molecule has 0 radical (unpaired) electrons. The summed E-state index contributed by atoms with van der Waals surface area (Å²) in [5, 5.41) is 0. The number of carbonyl (C=O) groups excluding carboxylic acids is 1. The van der Waals surface area contributed by atoms with E-state index in [4.69, 9.17) is 4.74 Å². The van der Waals surface area contributed by atoms with Crippen molar-refractivity contribution in [2.45, 2.75) is 25.5 Å². The van der Waals surface area contributed by atoms with Gasteiger partial charge in [-0.3, -0.25) is 0 Å². The van der Waals surface area contributed by atoms with E-state index < -0.39 is 0 Å². The van der Waals surface area contributed by atoms with Crippen molar-refractivity contribution in [2.75, 3.05) is 25.5 Å². The Morgan fingerprint density at radius 2 is 2.04 bits per heavy atom. The second-order valence-electron chi connectivity index (χ2n) is 6.24. The minimum atomic E-state index is -0.252. The van der Waals surface area contributed by atoms with Gasteiger partial charge in [-0.05, 0) is 30.0 Å². The molecular weight excluding hydrogens is 302 g/mol. The first-order chi connectivity index (χ1) is 11.6. The molecule has 0 spiro atoms. The molecule has 3 rings (SSSR count). The van der Waals surface area contributed by atoms with Crippen LogP contribution in [0.15, 0.2) is 48.7 Å². The molecule has 1 aliphatic heterocycles. The zero-order chi connectivity index (χ0) is 16.9. The lowest BCUT2D eigenvalue weighted by atomic mass is 10.1. The molecule has 2 aromatic rings. The molecule has 126 valence electrons. The van der Waals surface area contributed by atoms with Crippen LogP contribution < -0.4 is 4.90 Å². The predicted octanol–water partition coefficient (Wildman–Crippen LogP) is 3.62. The number of likely N-dealkylation sites (tertiary alicyclic amines) is 1. The van der Waals surface area contributed by atoms with Gasteiger partial charge < -0.3 is 14.5 Å². The van der Waals surface area contributed by atoms with Crippen molar-refractivity contribution in [2.24, 2.45) is 0 Å². The number of rotatable bonds is 4. The molecule has 5 heteroatoms. The number of ether oxygens (including phenoxy) is 1. The Kier molecular flexibility index (Phi) is 4.99. The third kappa shape index (κ3) is 3.67. The number of nitrogens with zero attached hydrogens (tertiary/aromatic N) is 3. The van der Waals surface area contributed by atoms with E-state index in [1.54, 1.807) is 0 Å². The maximum absolute atomic E-state index is 12.5. The van der Waals surface area contributed by atoms with Crippen LogP contribution in [0.25, 0.3) is 0 Å². The highest BCUT2D eigenvalue weighted by Gasteiger charge is 2.31. The summed E-state index contributed by atoms with van der Waals surface area (Å²) in [5.41, 5.74) is 2.06. The van der Waals surface area contributed by atoms with Gasteiger partial charge in [-0.1, -0.05) is 36.4 Å². The monoisotopic (exact) mass is 325 g/mol. The lowest BCUT2D eigenvalue weighted by molar-refractivity contribution is 0.0920. The molecule has 0 unspecified atom stereocenters. The van der Waals surface area contributed by atoms with Crippen LogP contribution in [0.4, 0.5) is 10.6 Å². The molecular formula is C19H23N3O2. The SMILES string of the molecule is CN(C)c1ccc([C@@H]2CCCN2C(=O)OCc2ccccc2)cn1. The maximum atomic E-state index is 12.5. The topological polar surface area (TPSA) is 45.7 Å². The van der Waals surface area contributed by atoms with Crippen LogP contribution in [-0.4, -0.2) is 36.6 Å². The van der Waals surface area contributed by atoms with Crippen molar-refractivity contribution < 1.29 is 9.53 Å². The number of carbonyl (C=O) groups is 1. The summed E-state index contributed by atoms with van der Waals surface area (Å²) in [6.07, 6.45) is 3.55. The van der Waals surface area contributed by atoms with Crippen molar-refractivity contribution in [1.29, 1.82) is 0 Å². The smallest absolute Gasteiger partial charge is 0.410 e. The molecule has 0 saturated carbocycles. The molecule has 1 fully saturated rings. The summed E-state index contributed by atoms with van der Waals surface area (Å²) in [6.45, 7) is 1.04. The first-order valence-electron chi connectivity index (χ1n) is 8.26. The molecule has 0 aliphatic carbocycles. The summed E-state index contributed by atoms with van der Waals surface area (Å²) in [7, 11) is 3.93. The van der Waals surface area contributed by atoms with Gasteiger partial charge in [0.2, 0.25) is 0 Å². The highest BCUT2D eigenvalue weighted by Crippen LogP contribution is 2.32. The second kappa shape index (κ2) is 7.34. The molecule has 1 aromatic heterocycles. The molecule has 1 saturated heterocycles. The van der Waals surface area contributed by atoms with Gasteiger partial charge in [-0.15, -0.1) is 0 Å². The van der Waals surface area contributed by atoms with E-state index in [1.807, 2.05) is 66.5 Å². The van der Waals surface area contributed by atoms with Crippen LogP contribution in [-0.2, 0) is 11.3 Å². The van der Waals surface area contributed by atoms with Gasteiger partial charge in [0, 0.05) is 26.8 Å².